The van der Waals surface area contributed by atoms with Crippen LogP contribution in [-0.4, -0.2) is 57.5 Å². The molecule has 2 saturated carbocycles. The summed E-state index contributed by atoms with van der Waals surface area (Å²) in [4.78, 5) is 39.0. The van der Waals surface area contributed by atoms with Gasteiger partial charge in [-0.25, -0.2) is 14.4 Å². The standard InChI is InChI=1S/C20H24N2O6/c1-11(18(23)24)28-20(27)21(13-6-7-13)16-8-9-17-14(16)10-12-4-2-3-5-15(12)22(17)19(25)26/h2-5,11,13-14,16-17H,6-10H2,1H3,(H,23,24)(H,25,26)/t11?,14-,16?,17+/m0/s1. The van der Waals surface area contributed by atoms with E-state index in [9.17, 15) is 19.5 Å². The Morgan fingerprint density at radius 3 is 2.50 bits per heavy atom. The Kier molecular flexibility index (Phi) is 4.64. The van der Waals surface area contributed by atoms with Gasteiger partial charge in [0, 0.05) is 24.0 Å². The maximum Gasteiger partial charge on any atom is 0.412 e. The number of amides is 2. The molecule has 1 aromatic rings. The molecule has 1 aromatic carbocycles. The van der Waals surface area contributed by atoms with Crippen LogP contribution >= 0.6 is 0 Å². The second-order valence-corrected chi connectivity index (χ2v) is 7.86. The van der Waals surface area contributed by atoms with Gasteiger partial charge >= 0.3 is 18.2 Å². The van der Waals surface area contributed by atoms with Gasteiger partial charge in [0.2, 0.25) is 0 Å². The summed E-state index contributed by atoms with van der Waals surface area (Å²) in [6.45, 7) is 1.34. The van der Waals surface area contributed by atoms with Crippen molar-refractivity contribution in [2.75, 3.05) is 4.90 Å². The van der Waals surface area contributed by atoms with E-state index in [1.165, 1.54) is 11.8 Å². The molecule has 0 saturated heterocycles. The molecule has 28 heavy (non-hydrogen) atoms. The Balaban J connectivity index is 1.62. The van der Waals surface area contributed by atoms with Crippen molar-refractivity contribution in [1.29, 1.82) is 0 Å². The van der Waals surface area contributed by atoms with Crippen LogP contribution in [0.3, 0.4) is 0 Å². The summed E-state index contributed by atoms with van der Waals surface area (Å²) in [5.41, 5.74) is 1.68. The van der Waals surface area contributed by atoms with Gasteiger partial charge in [-0.2, -0.15) is 0 Å². The molecule has 0 bridgehead atoms. The molecule has 4 atom stereocenters. The van der Waals surface area contributed by atoms with Crippen LogP contribution in [0.25, 0.3) is 0 Å². The first-order chi connectivity index (χ1) is 13.4. The first-order valence-corrected chi connectivity index (χ1v) is 9.70. The van der Waals surface area contributed by atoms with E-state index in [4.69, 9.17) is 9.84 Å². The van der Waals surface area contributed by atoms with Crippen LogP contribution in [0.1, 0.15) is 38.2 Å². The number of ether oxygens (including phenoxy) is 1. The highest BCUT2D eigenvalue weighted by atomic mass is 16.6. The molecule has 8 heteroatoms. The van der Waals surface area contributed by atoms with Gasteiger partial charge in [0.05, 0.1) is 5.69 Å². The maximum atomic E-state index is 12.8. The van der Waals surface area contributed by atoms with Crippen molar-refractivity contribution in [3.05, 3.63) is 29.8 Å². The molecule has 150 valence electrons. The highest BCUT2D eigenvalue weighted by Gasteiger charge is 2.51. The summed E-state index contributed by atoms with van der Waals surface area (Å²) < 4.78 is 5.17. The highest BCUT2D eigenvalue weighted by Crippen LogP contribution is 2.46. The second kappa shape index (κ2) is 7.00. The van der Waals surface area contributed by atoms with Crippen LogP contribution in [-0.2, 0) is 16.0 Å². The average molecular weight is 388 g/mol. The number of hydrogen-bond donors (Lipinski definition) is 2. The molecule has 0 aromatic heterocycles. The van der Waals surface area contributed by atoms with Crippen LogP contribution in [0.4, 0.5) is 15.3 Å². The molecule has 4 rings (SSSR count). The summed E-state index contributed by atoms with van der Waals surface area (Å²) in [6, 6.07) is 7.20. The van der Waals surface area contributed by atoms with E-state index in [0.717, 1.165) is 24.1 Å². The largest absolute Gasteiger partial charge is 0.479 e. The van der Waals surface area contributed by atoms with E-state index in [1.807, 2.05) is 24.3 Å². The number of para-hydroxylation sites is 1. The Bertz CT molecular complexity index is 808. The average Bonchev–Trinajstić information content (AvgIpc) is 3.40. The molecule has 2 amide bonds. The SMILES string of the molecule is CC(OC(=O)N(C1CC1)C1CC[C@@H]2[C@H]1Cc1ccccc1N2C(=O)O)C(=O)O. The third-order valence-electron chi connectivity index (χ3n) is 6.12. The van der Waals surface area contributed by atoms with Crippen LogP contribution in [0.2, 0.25) is 0 Å². The monoisotopic (exact) mass is 388 g/mol. The number of carbonyl (C=O) groups is 3. The number of carboxylic acid groups (broad SMARTS) is 2. The lowest BCUT2D eigenvalue weighted by Crippen LogP contribution is -2.52. The third-order valence-corrected chi connectivity index (χ3v) is 6.12. The van der Waals surface area contributed by atoms with Crippen molar-refractivity contribution in [1.82, 2.24) is 4.90 Å². The summed E-state index contributed by atoms with van der Waals surface area (Å²) in [7, 11) is 0. The fourth-order valence-electron chi connectivity index (χ4n) is 4.73. The maximum absolute atomic E-state index is 12.8. The van der Waals surface area contributed by atoms with Crippen molar-refractivity contribution >= 4 is 23.8 Å². The second-order valence-electron chi connectivity index (χ2n) is 7.86. The zero-order chi connectivity index (χ0) is 20.0. The minimum absolute atomic E-state index is 0.0284. The Hall–Kier alpha value is -2.77. The van der Waals surface area contributed by atoms with Gasteiger partial charge < -0.3 is 19.8 Å². The third kappa shape index (κ3) is 3.16. The van der Waals surface area contributed by atoms with Crippen LogP contribution in [0.5, 0.6) is 0 Å². The molecule has 2 unspecified atom stereocenters. The highest BCUT2D eigenvalue weighted by molar-refractivity contribution is 5.89. The number of rotatable bonds is 4. The molecule has 8 nitrogen and oxygen atoms in total. The van der Waals surface area contributed by atoms with E-state index in [2.05, 4.69) is 0 Å². The van der Waals surface area contributed by atoms with E-state index in [-0.39, 0.29) is 24.0 Å². The van der Waals surface area contributed by atoms with Gasteiger partial charge in [0.1, 0.15) is 0 Å². The van der Waals surface area contributed by atoms with Crippen molar-refractivity contribution in [3.63, 3.8) is 0 Å². The minimum Gasteiger partial charge on any atom is -0.479 e. The molecule has 0 radical (unpaired) electrons. The Labute approximate surface area is 162 Å². The lowest BCUT2D eigenvalue weighted by atomic mass is 9.85. The normalized spacial score (nSPS) is 26.8. The number of hydrogen-bond acceptors (Lipinski definition) is 4. The molecule has 0 spiro atoms. The lowest BCUT2D eigenvalue weighted by molar-refractivity contribution is -0.146. The van der Waals surface area contributed by atoms with E-state index >= 15 is 0 Å². The molecule has 2 fully saturated rings. The predicted octanol–water partition coefficient (Wildman–Crippen LogP) is 2.95. The smallest absolute Gasteiger partial charge is 0.412 e. The Morgan fingerprint density at radius 2 is 1.86 bits per heavy atom. The van der Waals surface area contributed by atoms with Crippen LogP contribution in [0, 0.1) is 5.92 Å². The first-order valence-electron chi connectivity index (χ1n) is 9.70. The fourth-order valence-corrected chi connectivity index (χ4v) is 4.73. The number of nitrogens with zero attached hydrogens (tertiary/aromatic N) is 2. The van der Waals surface area contributed by atoms with Crippen molar-refractivity contribution in [2.24, 2.45) is 5.92 Å². The number of anilines is 1. The lowest BCUT2D eigenvalue weighted by Gasteiger charge is -2.41. The molecular formula is C20H24N2O6. The van der Waals surface area contributed by atoms with Gasteiger partial charge in [0.25, 0.3) is 0 Å². The number of fused-ring (bicyclic) bond motifs is 2. The summed E-state index contributed by atoms with van der Waals surface area (Å²) >= 11 is 0. The number of aliphatic carboxylic acids is 1. The van der Waals surface area contributed by atoms with Crippen molar-refractivity contribution in [2.45, 2.75) is 63.3 Å². The molecule has 3 aliphatic rings. The van der Waals surface area contributed by atoms with Crippen molar-refractivity contribution < 1.29 is 29.3 Å². The molecule has 2 N–H and O–H groups in total. The van der Waals surface area contributed by atoms with E-state index < -0.39 is 24.3 Å². The number of carboxylic acids is 1. The predicted molar refractivity (Wildman–Crippen MR) is 99.4 cm³/mol. The number of carbonyl (C=O) groups excluding carboxylic acids is 1. The topological polar surface area (TPSA) is 107 Å². The fraction of sp³-hybridized carbons (Fsp3) is 0.550. The zero-order valence-corrected chi connectivity index (χ0v) is 15.7. The van der Waals surface area contributed by atoms with Gasteiger partial charge in [-0.05, 0) is 50.7 Å². The van der Waals surface area contributed by atoms with Gasteiger partial charge in [0.15, 0.2) is 6.10 Å². The first kappa shape index (κ1) is 18.6. The molecule has 1 heterocycles. The van der Waals surface area contributed by atoms with E-state index in [1.54, 1.807) is 4.90 Å². The quantitative estimate of drug-likeness (QED) is 0.821. The molecule has 2 aliphatic carbocycles. The minimum atomic E-state index is -1.21. The molecular weight excluding hydrogens is 364 g/mol. The van der Waals surface area contributed by atoms with Gasteiger partial charge in [-0.1, -0.05) is 18.2 Å². The summed E-state index contributed by atoms with van der Waals surface area (Å²) in [5, 5.41) is 18.9. The van der Waals surface area contributed by atoms with Crippen molar-refractivity contribution in [3.8, 4) is 0 Å². The van der Waals surface area contributed by atoms with E-state index in [0.29, 0.717) is 19.3 Å². The summed E-state index contributed by atoms with van der Waals surface area (Å²) in [6.07, 6.45) is 0.967. The van der Waals surface area contributed by atoms with Gasteiger partial charge in [-0.3, -0.25) is 4.90 Å². The van der Waals surface area contributed by atoms with Gasteiger partial charge in [-0.15, -0.1) is 0 Å². The number of benzene rings is 1. The zero-order valence-electron chi connectivity index (χ0n) is 15.7. The van der Waals surface area contributed by atoms with Crippen LogP contribution < -0.4 is 4.90 Å². The Morgan fingerprint density at radius 1 is 1.14 bits per heavy atom. The summed E-state index contributed by atoms with van der Waals surface area (Å²) in [5.74, 6) is -1.21. The van der Waals surface area contributed by atoms with Crippen LogP contribution in [0.15, 0.2) is 24.3 Å². The molecule has 1 aliphatic heterocycles.